The van der Waals surface area contributed by atoms with Crippen molar-refractivity contribution in [3.05, 3.63) is 42.2 Å². The molecule has 0 atom stereocenters. The first-order valence-corrected chi connectivity index (χ1v) is 3.21. The summed E-state index contributed by atoms with van der Waals surface area (Å²) in [6.45, 7) is 0. The zero-order chi connectivity index (χ0) is 6.36. The summed E-state index contributed by atoms with van der Waals surface area (Å²) in [6, 6.07) is 0. The van der Waals surface area contributed by atoms with Crippen molar-refractivity contribution in [1.82, 2.24) is 0 Å². The van der Waals surface area contributed by atoms with Crippen LogP contribution in [0.5, 0.6) is 0 Å². The van der Waals surface area contributed by atoms with Gasteiger partial charge in [0.15, 0.2) is 0 Å². The molecule has 0 unspecified atom stereocenters. The van der Waals surface area contributed by atoms with Crippen LogP contribution in [0.25, 0.3) is 0 Å². The first-order chi connectivity index (χ1) is 4.50. The van der Waals surface area contributed by atoms with E-state index < -0.39 is 0 Å². The Kier molecular flexibility index (Phi) is 2.68. The van der Waals surface area contributed by atoms with Crippen molar-refractivity contribution in [3.8, 4) is 0 Å². The molecular formula is C9H10. The monoisotopic (exact) mass is 118 g/mol. The van der Waals surface area contributed by atoms with Gasteiger partial charge in [0.2, 0.25) is 0 Å². The molecule has 0 aromatic heterocycles. The maximum absolute atomic E-state index is 3.07. The standard InChI is InChI=1S/C9H10/c1-2-4-6-8-9-7-5-3-1/h1-4,7-8H,5-6H2/b3-1-,4-2-. The van der Waals surface area contributed by atoms with Crippen molar-refractivity contribution in [2.24, 2.45) is 0 Å². The lowest BCUT2D eigenvalue weighted by Crippen LogP contribution is -1.52. The molecule has 0 spiro atoms. The third-order valence-electron chi connectivity index (χ3n) is 1.13. The molecule has 0 N–H and O–H groups in total. The van der Waals surface area contributed by atoms with E-state index in [9.17, 15) is 0 Å². The third kappa shape index (κ3) is 2.73. The van der Waals surface area contributed by atoms with Gasteiger partial charge in [-0.2, -0.15) is 0 Å². The molecule has 0 bridgehead atoms. The number of hydrogen-bond acceptors (Lipinski definition) is 0. The molecule has 0 aromatic rings. The molecule has 0 nitrogen and oxygen atoms in total. The molecule has 0 radical (unpaired) electrons. The second kappa shape index (κ2) is 3.94. The van der Waals surface area contributed by atoms with E-state index in [1.54, 1.807) is 0 Å². The average molecular weight is 118 g/mol. The molecule has 0 fully saturated rings. The summed E-state index contributed by atoms with van der Waals surface area (Å²) in [5.74, 6) is 0. The first kappa shape index (κ1) is 6.12. The van der Waals surface area contributed by atoms with E-state index in [1.807, 2.05) is 12.2 Å². The highest BCUT2D eigenvalue weighted by Gasteiger charge is 1.71. The van der Waals surface area contributed by atoms with Gasteiger partial charge in [-0.3, -0.25) is 0 Å². The molecule has 0 heterocycles. The Hall–Kier alpha value is -1.00. The van der Waals surface area contributed by atoms with Gasteiger partial charge in [-0.15, -0.1) is 5.73 Å². The van der Waals surface area contributed by atoms with Crippen LogP contribution < -0.4 is 0 Å². The van der Waals surface area contributed by atoms with E-state index in [0.29, 0.717) is 0 Å². The molecule has 0 amide bonds. The van der Waals surface area contributed by atoms with Crippen LogP contribution in [0.4, 0.5) is 0 Å². The Morgan fingerprint density at radius 1 is 0.889 bits per heavy atom. The van der Waals surface area contributed by atoms with E-state index >= 15 is 0 Å². The Labute approximate surface area is 55.9 Å². The molecule has 9 heavy (non-hydrogen) atoms. The van der Waals surface area contributed by atoms with Crippen LogP contribution >= 0.6 is 0 Å². The highest BCUT2D eigenvalue weighted by molar-refractivity contribution is 5.08. The first-order valence-electron chi connectivity index (χ1n) is 3.21. The fourth-order valence-corrected chi connectivity index (χ4v) is 0.670. The van der Waals surface area contributed by atoms with Gasteiger partial charge in [-0.25, -0.2) is 0 Å². The minimum atomic E-state index is 1.00. The quantitative estimate of drug-likeness (QED) is 0.429. The average Bonchev–Trinajstić information content (AvgIpc) is 2.00. The number of rotatable bonds is 0. The molecule has 1 rings (SSSR count). The van der Waals surface area contributed by atoms with Gasteiger partial charge >= 0.3 is 0 Å². The molecule has 0 saturated carbocycles. The molecule has 46 valence electrons. The van der Waals surface area contributed by atoms with Crippen molar-refractivity contribution in [2.75, 3.05) is 0 Å². The lowest BCUT2D eigenvalue weighted by Gasteiger charge is -1.73. The molecule has 1 aliphatic rings. The zero-order valence-corrected chi connectivity index (χ0v) is 5.38. The van der Waals surface area contributed by atoms with E-state index in [2.05, 4.69) is 30.0 Å². The molecular weight excluding hydrogens is 108 g/mol. The van der Waals surface area contributed by atoms with Crippen LogP contribution in [-0.4, -0.2) is 0 Å². The van der Waals surface area contributed by atoms with Crippen LogP contribution in [0.1, 0.15) is 12.8 Å². The third-order valence-corrected chi connectivity index (χ3v) is 1.13. The van der Waals surface area contributed by atoms with Crippen LogP contribution in [-0.2, 0) is 0 Å². The maximum Gasteiger partial charge on any atom is -0.00899 e. The normalized spacial score (nSPS) is 24.0. The Bertz CT molecular complexity index is 158. The fourth-order valence-electron chi connectivity index (χ4n) is 0.670. The van der Waals surface area contributed by atoms with Crippen molar-refractivity contribution >= 4 is 0 Å². The summed E-state index contributed by atoms with van der Waals surface area (Å²) in [4.78, 5) is 0. The van der Waals surface area contributed by atoms with Gasteiger partial charge in [0.05, 0.1) is 0 Å². The smallest absolute Gasteiger partial charge is 0.00899 e. The van der Waals surface area contributed by atoms with Crippen LogP contribution in [0, 0.1) is 0 Å². The number of allylic oxidation sites excluding steroid dienone is 5. The van der Waals surface area contributed by atoms with Gasteiger partial charge in [-0.1, -0.05) is 24.3 Å². The molecule has 1 aliphatic carbocycles. The Morgan fingerprint density at radius 3 is 2.00 bits per heavy atom. The van der Waals surface area contributed by atoms with Crippen molar-refractivity contribution < 1.29 is 0 Å². The summed E-state index contributed by atoms with van der Waals surface area (Å²) in [5, 5.41) is 0. The zero-order valence-electron chi connectivity index (χ0n) is 5.38. The molecule has 0 saturated heterocycles. The Balaban J connectivity index is 2.60. The topological polar surface area (TPSA) is 0 Å². The van der Waals surface area contributed by atoms with E-state index in [1.165, 1.54) is 0 Å². The molecule has 0 heteroatoms. The highest BCUT2D eigenvalue weighted by atomic mass is 13.8. The second-order valence-corrected chi connectivity index (χ2v) is 1.90. The van der Waals surface area contributed by atoms with Gasteiger partial charge in [0, 0.05) is 0 Å². The lowest BCUT2D eigenvalue weighted by atomic mass is 10.3. The molecule has 0 aliphatic heterocycles. The van der Waals surface area contributed by atoms with Crippen molar-refractivity contribution in [2.45, 2.75) is 12.8 Å². The summed E-state index contributed by atoms with van der Waals surface area (Å²) in [6.07, 6.45) is 14.4. The van der Waals surface area contributed by atoms with Crippen LogP contribution in [0.2, 0.25) is 0 Å². The fraction of sp³-hybridized carbons (Fsp3) is 0.222. The number of hydrogen-bond donors (Lipinski definition) is 0. The summed E-state index contributed by atoms with van der Waals surface area (Å²) < 4.78 is 0. The summed E-state index contributed by atoms with van der Waals surface area (Å²) >= 11 is 0. The second-order valence-electron chi connectivity index (χ2n) is 1.90. The largest absolute Gasteiger partial charge is 0.129 e. The molecule has 0 aromatic carbocycles. The maximum atomic E-state index is 3.07. The highest BCUT2D eigenvalue weighted by Crippen LogP contribution is 1.91. The summed E-state index contributed by atoms with van der Waals surface area (Å²) in [7, 11) is 0. The predicted molar refractivity (Wildman–Crippen MR) is 40.2 cm³/mol. The van der Waals surface area contributed by atoms with Crippen molar-refractivity contribution in [1.29, 1.82) is 0 Å². The van der Waals surface area contributed by atoms with Gasteiger partial charge < -0.3 is 0 Å². The Morgan fingerprint density at radius 2 is 1.44 bits per heavy atom. The minimum Gasteiger partial charge on any atom is -0.129 e. The van der Waals surface area contributed by atoms with Crippen LogP contribution in [0.15, 0.2) is 42.2 Å². The summed E-state index contributed by atoms with van der Waals surface area (Å²) in [5.41, 5.74) is 3.07. The van der Waals surface area contributed by atoms with Crippen LogP contribution in [0.3, 0.4) is 0 Å². The van der Waals surface area contributed by atoms with E-state index in [-0.39, 0.29) is 0 Å². The lowest BCUT2D eigenvalue weighted by molar-refractivity contribution is 1.39. The van der Waals surface area contributed by atoms with Gasteiger partial charge in [-0.05, 0) is 25.0 Å². The minimum absolute atomic E-state index is 1.00. The van der Waals surface area contributed by atoms with E-state index in [4.69, 9.17) is 0 Å². The SMILES string of the molecule is C1=CC/C=C\C=C/CC=1. The van der Waals surface area contributed by atoms with Gasteiger partial charge in [0.1, 0.15) is 0 Å². The van der Waals surface area contributed by atoms with Crippen molar-refractivity contribution in [3.63, 3.8) is 0 Å². The van der Waals surface area contributed by atoms with Gasteiger partial charge in [0.25, 0.3) is 0 Å². The predicted octanol–water partition coefficient (Wildman–Crippen LogP) is 2.60. The van der Waals surface area contributed by atoms with E-state index in [0.717, 1.165) is 12.8 Å².